The first-order chi connectivity index (χ1) is 15.0. The summed E-state index contributed by atoms with van der Waals surface area (Å²) in [5, 5.41) is 16.4. The van der Waals surface area contributed by atoms with Crippen LogP contribution < -0.4 is 21.9 Å². The van der Waals surface area contributed by atoms with Gasteiger partial charge in [-0.25, -0.2) is 9.59 Å². The highest BCUT2D eigenvalue weighted by molar-refractivity contribution is 5.73. The van der Waals surface area contributed by atoms with Crippen LogP contribution in [0.5, 0.6) is 0 Å². The number of aliphatic carboxylic acids is 1. The minimum absolute atomic E-state index is 0.0211. The van der Waals surface area contributed by atoms with Crippen molar-refractivity contribution in [2.75, 3.05) is 18.0 Å². The lowest BCUT2D eigenvalue weighted by atomic mass is 10.1. The third-order valence-electron chi connectivity index (χ3n) is 4.87. The fourth-order valence-corrected chi connectivity index (χ4v) is 3.22. The predicted octanol–water partition coefficient (Wildman–Crippen LogP) is 1.03. The van der Waals surface area contributed by atoms with Crippen molar-refractivity contribution in [2.24, 2.45) is 12.8 Å². The average molecular weight is 453 g/mol. The molecule has 1 aliphatic rings. The van der Waals surface area contributed by atoms with Gasteiger partial charge in [0, 0.05) is 32.2 Å². The van der Waals surface area contributed by atoms with Crippen molar-refractivity contribution in [2.45, 2.75) is 31.6 Å². The monoisotopic (exact) mass is 453 g/mol. The molecule has 0 radical (unpaired) electrons. The van der Waals surface area contributed by atoms with E-state index in [2.05, 4.69) is 6.07 Å². The molecule has 9 nitrogen and oxygen atoms in total. The fraction of sp³-hybridized carbons (Fsp3) is 0.400. The predicted molar refractivity (Wildman–Crippen MR) is 109 cm³/mol. The summed E-state index contributed by atoms with van der Waals surface area (Å²) in [6, 6.07) is 10.8. The number of hydrogen-bond acceptors (Lipinski definition) is 6. The van der Waals surface area contributed by atoms with Gasteiger partial charge < -0.3 is 15.7 Å². The van der Waals surface area contributed by atoms with Crippen LogP contribution in [0.1, 0.15) is 24.0 Å². The number of halogens is 3. The molecule has 1 atom stereocenters. The highest BCUT2D eigenvalue weighted by Crippen LogP contribution is 2.19. The summed E-state index contributed by atoms with van der Waals surface area (Å²) in [7, 11) is 1.46. The maximum absolute atomic E-state index is 12.7. The lowest BCUT2D eigenvalue weighted by molar-refractivity contribution is -0.192. The van der Waals surface area contributed by atoms with Gasteiger partial charge in [-0.15, -0.1) is 0 Å². The Kier molecular flexibility index (Phi) is 7.82. The Morgan fingerprint density at radius 2 is 1.94 bits per heavy atom. The van der Waals surface area contributed by atoms with Crippen molar-refractivity contribution in [3.05, 3.63) is 62.3 Å². The number of carbonyl (C=O) groups is 1. The molecule has 1 aromatic heterocycles. The molecule has 32 heavy (non-hydrogen) atoms. The number of rotatable bonds is 3. The molecule has 2 heterocycles. The van der Waals surface area contributed by atoms with Crippen molar-refractivity contribution in [1.29, 1.82) is 5.26 Å². The number of anilines is 1. The summed E-state index contributed by atoms with van der Waals surface area (Å²) in [6.45, 7) is 1.59. The van der Waals surface area contributed by atoms with Gasteiger partial charge in [0.15, 0.2) is 0 Å². The van der Waals surface area contributed by atoms with Crippen molar-refractivity contribution in [3.63, 3.8) is 0 Å². The summed E-state index contributed by atoms with van der Waals surface area (Å²) in [5.41, 5.74) is 6.59. The van der Waals surface area contributed by atoms with E-state index in [4.69, 9.17) is 15.6 Å². The first-order valence-corrected chi connectivity index (χ1v) is 9.55. The smallest absolute Gasteiger partial charge is 0.475 e. The molecule has 0 saturated carbocycles. The van der Waals surface area contributed by atoms with E-state index >= 15 is 0 Å². The molecule has 0 unspecified atom stereocenters. The zero-order valence-corrected chi connectivity index (χ0v) is 17.2. The number of nitriles is 1. The number of nitrogens with two attached hydrogens (primary N) is 1. The van der Waals surface area contributed by atoms with Crippen LogP contribution in [0, 0.1) is 11.3 Å². The SMILES string of the molecule is Cn1c(=O)cc(N2CCC[C@H](N)C2)n(Cc2ccccc2C#N)c1=O.O=C(O)C(F)(F)F. The molecule has 1 fully saturated rings. The first-order valence-electron chi connectivity index (χ1n) is 9.55. The second-order valence-electron chi connectivity index (χ2n) is 7.19. The summed E-state index contributed by atoms with van der Waals surface area (Å²) >= 11 is 0. The Morgan fingerprint density at radius 3 is 2.50 bits per heavy atom. The largest absolute Gasteiger partial charge is 0.490 e. The van der Waals surface area contributed by atoms with Crippen molar-refractivity contribution >= 4 is 11.8 Å². The van der Waals surface area contributed by atoms with Crippen molar-refractivity contribution in [1.82, 2.24) is 9.13 Å². The van der Waals surface area contributed by atoms with Crippen LogP contribution >= 0.6 is 0 Å². The third kappa shape index (κ3) is 5.98. The van der Waals surface area contributed by atoms with Gasteiger partial charge in [0.05, 0.1) is 18.2 Å². The third-order valence-corrected chi connectivity index (χ3v) is 4.87. The van der Waals surface area contributed by atoms with E-state index in [1.807, 2.05) is 17.0 Å². The number of benzene rings is 1. The van der Waals surface area contributed by atoms with E-state index in [0.29, 0.717) is 17.9 Å². The molecule has 1 aliphatic heterocycles. The van der Waals surface area contributed by atoms with E-state index in [-0.39, 0.29) is 18.1 Å². The number of nitrogens with zero attached hydrogens (tertiary/aromatic N) is 4. The van der Waals surface area contributed by atoms with E-state index in [9.17, 15) is 28.0 Å². The first kappa shape index (κ1) is 24.7. The van der Waals surface area contributed by atoms with Crippen LogP contribution in [0.25, 0.3) is 0 Å². The molecule has 0 bridgehead atoms. The number of aromatic nitrogens is 2. The topological polar surface area (TPSA) is 134 Å². The van der Waals surface area contributed by atoms with Gasteiger partial charge in [0.25, 0.3) is 5.56 Å². The molecule has 172 valence electrons. The van der Waals surface area contributed by atoms with Crippen LogP contribution in [-0.2, 0) is 18.4 Å². The maximum Gasteiger partial charge on any atom is 0.490 e. The lowest BCUT2D eigenvalue weighted by Gasteiger charge is -2.34. The summed E-state index contributed by atoms with van der Waals surface area (Å²) in [5.74, 6) is -2.19. The van der Waals surface area contributed by atoms with Crippen LogP contribution in [0.3, 0.4) is 0 Å². The van der Waals surface area contributed by atoms with E-state index in [1.54, 1.807) is 16.7 Å². The van der Waals surface area contributed by atoms with Gasteiger partial charge in [-0.1, -0.05) is 18.2 Å². The Balaban J connectivity index is 0.000000451. The fourth-order valence-electron chi connectivity index (χ4n) is 3.22. The Morgan fingerprint density at radius 1 is 1.31 bits per heavy atom. The quantitative estimate of drug-likeness (QED) is 0.709. The standard InChI is InChI=1S/C18H21N5O2.C2HF3O2/c1-21-17(24)9-16(22-8-4-7-15(20)12-22)23(18(21)25)11-14-6-3-2-5-13(14)10-19;3-2(4,5)1(6)7/h2-3,5-6,9,15H,4,7-8,11-12,20H2,1H3;(H,6,7)/t15-;/m0./s1. The molecule has 0 spiro atoms. The lowest BCUT2D eigenvalue weighted by Crippen LogP contribution is -2.47. The molecule has 1 saturated heterocycles. The number of carboxylic acids is 1. The molecular formula is C20H22F3N5O4. The molecule has 0 amide bonds. The zero-order chi connectivity index (χ0) is 24.1. The molecule has 3 rings (SSSR count). The van der Waals surface area contributed by atoms with Crippen LogP contribution in [-0.4, -0.2) is 45.5 Å². The second kappa shape index (κ2) is 10.1. The number of carboxylic acid groups (broad SMARTS) is 1. The molecule has 12 heteroatoms. The Hall–Kier alpha value is -3.59. The van der Waals surface area contributed by atoms with Crippen molar-refractivity contribution in [3.8, 4) is 6.07 Å². The zero-order valence-electron chi connectivity index (χ0n) is 17.2. The second-order valence-corrected chi connectivity index (χ2v) is 7.19. The van der Waals surface area contributed by atoms with Crippen LogP contribution in [0.2, 0.25) is 0 Å². The van der Waals surface area contributed by atoms with Gasteiger partial charge in [-0.05, 0) is 24.5 Å². The van der Waals surface area contributed by atoms with Gasteiger partial charge >= 0.3 is 17.8 Å². The van der Waals surface area contributed by atoms with Crippen molar-refractivity contribution < 1.29 is 23.1 Å². The maximum atomic E-state index is 12.7. The minimum Gasteiger partial charge on any atom is -0.475 e. The number of hydrogen-bond donors (Lipinski definition) is 2. The summed E-state index contributed by atoms with van der Waals surface area (Å²) in [4.78, 5) is 35.8. The van der Waals surface area contributed by atoms with Crippen LogP contribution in [0.15, 0.2) is 39.9 Å². The molecule has 3 N–H and O–H groups in total. The summed E-state index contributed by atoms with van der Waals surface area (Å²) in [6.07, 6.45) is -3.23. The van der Waals surface area contributed by atoms with Gasteiger partial charge in [-0.3, -0.25) is 13.9 Å². The number of piperidine rings is 1. The molecule has 2 aromatic rings. The Bertz CT molecular complexity index is 1130. The summed E-state index contributed by atoms with van der Waals surface area (Å²) < 4.78 is 34.4. The van der Waals surface area contributed by atoms with E-state index < -0.39 is 17.8 Å². The molecule has 1 aromatic carbocycles. The van der Waals surface area contributed by atoms with Gasteiger partial charge in [0.2, 0.25) is 0 Å². The van der Waals surface area contributed by atoms with Gasteiger partial charge in [0.1, 0.15) is 5.82 Å². The molecular weight excluding hydrogens is 431 g/mol. The molecule has 0 aliphatic carbocycles. The number of alkyl halides is 3. The normalized spacial score (nSPS) is 16.0. The van der Waals surface area contributed by atoms with E-state index in [0.717, 1.165) is 29.5 Å². The van der Waals surface area contributed by atoms with E-state index in [1.165, 1.54) is 13.1 Å². The minimum atomic E-state index is -5.08. The Labute approximate surface area is 180 Å². The average Bonchev–Trinajstić information content (AvgIpc) is 2.74. The highest BCUT2D eigenvalue weighted by atomic mass is 19.4. The highest BCUT2D eigenvalue weighted by Gasteiger charge is 2.38. The van der Waals surface area contributed by atoms with Crippen LogP contribution in [0.4, 0.5) is 19.0 Å². The van der Waals surface area contributed by atoms with Gasteiger partial charge in [-0.2, -0.15) is 18.4 Å².